The van der Waals surface area contributed by atoms with Crippen LogP contribution in [-0.4, -0.2) is 45.2 Å². The van der Waals surface area contributed by atoms with Gasteiger partial charge in [0, 0.05) is 17.3 Å². The number of aliphatic hydroxyl groups is 1. The zero-order valence-corrected chi connectivity index (χ0v) is 19.6. The van der Waals surface area contributed by atoms with Gasteiger partial charge in [0.2, 0.25) is 5.91 Å². The van der Waals surface area contributed by atoms with Crippen LogP contribution < -0.4 is 20.1 Å². The number of benzene rings is 2. The quantitative estimate of drug-likeness (QED) is 0.295. The highest BCUT2D eigenvalue weighted by Crippen LogP contribution is 2.32. The second kappa shape index (κ2) is 10.9. The number of ether oxygens (including phenoxy) is 2. The molecule has 2 aromatic heterocycles. The number of nitrogens with zero attached hydrogens (tertiary/aromatic N) is 3. The Morgan fingerprint density at radius 3 is 2.79 bits per heavy atom. The van der Waals surface area contributed by atoms with Crippen molar-refractivity contribution in [3.63, 3.8) is 0 Å². The predicted molar refractivity (Wildman–Crippen MR) is 131 cm³/mol. The van der Waals surface area contributed by atoms with Crippen molar-refractivity contribution in [2.75, 3.05) is 18.5 Å². The Kier molecular flexibility index (Phi) is 7.51. The third-order valence-corrected chi connectivity index (χ3v) is 5.69. The van der Waals surface area contributed by atoms with Gasteiger partial charge in [-0.05, 0) is 49.7 Å². The average molecular weight is 480 g/mol. The molecule has 3 N–H and O–H groups in total. The number of carbonyl (C=O) groups excluding carboxylic acids is 1. The highest BCUT2D eigenvalue weighted by atomic mass is 32.1. The lowest BCUT2D eigenvalue weighted by Gasteiger charge is -2.15. The van der Waals surface area contributed by atoms with E-state index < -0.39 is 12.0 Å². The number of fused-ring (bicyclic) bond motifs is 1. The third-order valence-electron chi connectivity index (χ3n) is 4.94. The Morgan fingerprint density at radius 2 is 2.03 bits per heavy atom. The van der Waals surface area contributed by atoms with Crippen LogP contribution in [0.3, 0.4) is 0 Å². The van der Waals surface area contributed by atoms with Gasteiger partial charge >= 0.3 is 0 Å². The van der Waals surface area contributed by atoms with E-state index in [0.29, 0.717) is 18.2 Å². The molecule has 0 saturated heterocycles. The molecule has 1 atom stereocenters. The summed E-state index contributed by atoms with van der Waals surface area (Å²) in [6, 6.07) is 11.4. The lowest BCUT2D eigenvalue weighted by Crippen LogP contribution is -2.35. The van der Waals surface area contributed by atoms with Crippen LogP contribution in [0.5, 0.6) is 11.5 Å². The van der Waals surface area contributed by atoms with E-state index in [4.69, 9.17) is 9.47 Å². The Balaban J connectivity index is 1.48. The standard InChI is InChI=1S/C24H25N5O4S/c1-15-12-17(6-7-19(15)33-13-21-25-9-11-34-21)29-23-22-18(27-14-28-23)4-3-5-20(22)32-10-8-26-24(31)16(2)30/h3-7,9,11-12,14,16,30H,8,10,13H2,1-2H3,(H,26,31)(H,27,28,29). The second-order valence-electron chi connectivity index (χ2n) is 7.51. The molecule has 4 aromatic rings. The van der Waals surface area contributed by atoms with Crippen LogP contribution >= 0.6 is 11.3 Å². The summed E-state index contributed by atoms with van der Waals surface area (Å²) in [6.07, 6.45) is 2.20. The van der Waals surface area contributed by atoms with Crippen molar-refractivity contribution in [1.82, 2.24) is 20.3 Å². The van der Waals surface area contributed by atoms with Gasteiger partial charge in [-0.15, -0.1) is 11.3 Å². The molecule has 0 radical (unpaired) electrons. The molecule has 34 heavy (non-hydrogen) atoms. The number of aliphatic hydroxyl groups excluding tert-OH is 1. The number of thiazole rings is 1. The molecule has 1 unspecified atom stereocenters. The molecule has 1 amide bonds. The van der Waals surface area contributed by atoms with Crippen LogP contribution in [0.1, 0.15) is 17.5 Å². The number of aryl methyl sites for hydroxylation is 1. The fourth-order valence-corrected chi connectivity index (χ4v) is 3.79. The summed E-state index contributed by atoms with van der Waals surface area (Å²) in [5.41, 5.74) is 2.55. The first-order valence-corrected chi connectivity index (χ1v) is 11.6. The van der Waals surface area contributed by atoms with Gasteiger partial charge in [0.25, 0.3) is 0 Å². The minimum absolute atomic E-state index is 0.232. The Morgan fingerprint density at radius 1 is 1.15 bits per heavy atom. The third kappa shape index (κ3) is 5.77. The van der Waals surface area contributed by atoms with Gasteiger partial charge in [0.15, 0.2) is 0 Å². The molecule has 0 aliphatic carbocycles. The Bertz CT molecular complexity index is 1260. The molecule has 2 aromatic carbocycles. The smallest absolute Gasteiger partial charge is 0.248 e. The maximum atomic E-state index is 11.5. The summed E-state index contributed by atoms with van der Waals surface area (Å²) < 4.78 is 11.8. The maximum Gasteiger partial charge on any atom is 0.248 e. The summed E-state index contributed by atoms with van der Waals surface area (Å²) in [4.78, 5) is 24.5. The normalized spacial score (nSPS) is 11.7. The van der Waals surface area contributed by atoms with E-state index in [1.54, 1.807) is 17.5 Å². The number of aromatic nitrogens is 3. The molecular formula is C24H25N5O4S. The van der Waals surface area contributed by atoms with E-state index in [0.717, 1.165) is 32.9 Å². The van der Waals surface area contributed by atoms with Gasteiger partial charge in [-0.25, -0.2) is 15.0 Å². The average Bonchev–Trinajstić information content (AvgIpc) is 3.35. The Hall–Kier alpha value is -3.76. The molecule has 176 valence electrons. The van der Waals surface area contributed by atoms with Crippen molar-refractivity contribution in [3.8, 4) is 11.5 Å². The van der Waals surface area contributed by atoms with Crippen LogP contribution in [0.4, 0.5) is 11.5 Å². The van der Waals surface area contributed by atoms with Gasteiger partial charge in [-0.3, -0.25) is 4.79 Å². The van der Waals surface area contributed by atoms with Gasteiger partial charge < -0.3 is 25.2 Å². The van der Waals surface area contributed by atoms with Crippen LogP contribution in [0.2, 0.25) is 0 Å². The molecule has 0 bridgehead atoms. The zero-order chi connectivity index (χ0) is 23.9. The van der Waals surface area contributed by atoms with E-state index in [2.05, 4.69) is 25.6 Å². The first-order valence-electron chi connectivity index (χ1n) is 10.7. The van der Waals surface area contributed by atoms with Crippen molar-refractivity contribution in [1.29, 1.82) is 0 Å². The van der Waals surface area contributed by atoms with Crippen LogP contribution in [0.15, 0.2) is 54.3 Å². The number of hydrogen-bond acceptors (Lipinski definition) is 9. The molecule has 9 nitrogen and oxygen atoms in total. The first kappa shape index (κ1) is 23.4. The highest BCUT2D eigenvalue weighted by molar-refractivity contribution is 7.09. The monoisotopic (exact) mass is 479 g/mol. The van der Waals surface area contributed by atoms with Gasteiger partial charge in [0.05, 0.1) is 17.4 Å². The minimum atomic E-state index is -1.06. The summed E-state index contributed by atoms with van der Waals surface area (Å²) in [7, 11) is 0. The van der Waals surface area contributed by atoms with Crippen LogP contribution in [-0.2, 0) is 11.4 Å². The van der Waals surface area contributed by atoms with Crippen molar-refractivity contribution in [3.05, 3.63) is 64.9 Å². The summed E-state index contributed by atoms with van der Waals surface area (Å²) in [6.45, 7) is 4.32. The SMILES string of the molecule is Cc1cc(Nc2ncnc3cccc(OCCNC(=O)C(C)O)c23)ccc1OCc1nccs1. The fourth-order valence-electron chi connectivity index (χ4n) is 3.27. The van der Waals surface area contributed by atoms with Gasteiger partial charge in [-0.1, -0.05) is 6.07 Å². The van der Waals surface area contributed by atoms with E-state index >= 15 is 0 Å². The molecular weight excluding hydrogens is 454 g/mol. The van der Waals surface area contributed by atoms with Crippen molar-refractivity contribution in [2.45, 2.75) is 26.6 Å². The molecule has 0 saturated carbocycles. The number of anilines is 2. The molecule has 0 spiro atoms. The van der Waals surface area contributed by atoms with E-state index in [1.165, 1.54) is 13.3 Å². The molecule has 0 aliphatic rings. The molecule has 0 aliphatic heterocycles. The lowest BCUT2D eigenvalue weighted by molar-refractivity contribution is -0.128. The zero-order valence-electron chi connectivity index (χ0n) is 18.8. The number of hydrogen-bond donors (Lipinski definition) is 3. The maximum absolute atomic E-state index is 11.5. The van der Waals surface area contributed by atoms with Crippen molar-refractivity contribution >= 4 is 39.7 Å². The molecule has 4 rings (SSSR count). The minimum Gasteiger partial charge on any atom is -0.491 e. The van der Waals surface area contributed by atoms with E-state index in [1.807, 2.05) is 48.7 Å². The lowest BCUT2D eigenvalue weighted by atomic mass is 10.1. The number of amides is 1. The molecule has 2 heterocycles. The topological polar surface area (TPSA) is 118 Å². The van der Waals surface area contributed by atoms with Crippen molar-refractivity contribution in [2.24, 2.45) is 0 Å². The molecule has 10 heteroatoms. The molecule has 0 fully saturated rings. The first-order chi connectivity index (χ1) is 16.5. The number of carbonyl (C=O) groups is 1. The summed E-state index contributed by atoms with van der Waals surface area (Å²) >= 11 is 1.56. The second-order valence-corrected chi connectivity index (χ2v) is 8.49. The largest absolute Gasteiger partial charge is 0.491 e. The Labute approximate surface area is 200 Å². The number of rotatable bonds is 10. The van der Waals surface area contributed by atoms with E-state index in [-0.39, 0.29) is 13.2 Å². The summed E-state index contributed by atoms with van der Waals surface area (Å²) in [5.74, 6) is 1.54. The predicted octanol–water partition coefficient (Wildman–Crippen LogP) is 3.59. The van der Waals surface area contributed by atoms with E-state index in [9.17, 15) is 9.90 Å². The van der Waals surface area contributed by atoms with Gasteiger partial charge in [0.1, 0.15) is 48.0 Å². The van der Waals surface area contributed by atoms with Crippen LogP contribution in [0.25, 0.3) is 10.9 Å². The number of nitrogens with one attached hydrogen (secondary N) is 2. The van der Waals surface area contributed by atoms with Crippen molar-refractivity contribution < 1.29 is 19.4 Å². The van der Waals surface area contributed by atoms with Gasteiger partial charge in [-0.2, -0.15) is 0 Å². The summed E-state index contributed by atoms with van der Waals surface area (Å²) in [5, 5.41) is 18.8. The van der Waals surface area contributed by atoms with Crippen LogP contribution in [0, 0.1) is 6.92 Å². The highest BCUT2D eigenvalue weighted by Gasteiger charge is 2.12. The fraction of sp³-hybridized carbons (Fsp3) is 0.250.